The van der Waals surface area contributed by atoms with E-state index >= 15 is 0 Å². The van der Waals surface area contributed by atoms with E-state index in [2.05, 4.69) is 11.8 Å². The molecule has 0 spiro atoms. The number of aromatic nitrogens is 1. The summed E-state index contributed by atoms with van der Waals surface area (Å²) in [5.74, 6) is -0.533. The van der Waals surface area contributed by atoms with Crippen LogP contribution in [0.25, 0.3) is 10.2 Å². The van der Waals surface area contributed by atoms with Crippen LogP contribution in [0, 0.1) is 0 Å². The van der Waals surface area contributed by atoms with E-state index in [0.29, 0.717) is 37.1 Å². The van der Waals surface area contributed by atoms with Crippen molar-refractivity contribution in [3.8, 4) is 5.75 Å². The van der Waals surface area contributed by atoms with Crippen LogP contribution >= 0.6 is 11.3 Å². The van der Waals surface area contributed by atoms with Crippen molar-refractivity contribution in [3.63, 3.8) is 0 Å². The van der Waals surface area contributed by atoms with Gasteiger partial charge < -0.3 is 9.47 Å². The number of benzene rings is 2. The zero-order chi connectivity index (χ0) is 24.8. The van der Waals surface area contributed by atoms with Gasteiger partial charge in [0.25, 0.3) is 0 Å². The number of para-hydroxylation sites is 1. The molecule has 3 aromatic rings. The van der Waals surface area contributed by atoms with Crippen LogP contribution in [0.15, 0.2) is 47.4 Å². The minimum atomic E-state index is -3.82. The fourth-order valence-electron chi connectivity index (χ4n) is 4.11. The standard InChI is InChI=1S/C25H31N3O5S2/c1-3-19-6-4-7-22-24(19)26-25(34-22)28(13-5-12-27-14-16-33-17-15-27)23(29)18-35(30,31)21-10-8-20(32-2)9-11-21/h4,6-11H,3,5,12-18H2,1-2H3. The number of carbonyl (C=O) groups is 1. The van der Waals surface area contributed by atoms with Crippen molar-refractivity contribution in [3.05, 3.63) is 48.0 Å². The van der Waals surface area contributed by atoms with Crippen LogP contribution in [0.1, 0.15) is 18.9 Å². The first-order valence-corrected chi connectivity index (χ1v) is 14.2. The molecule has 8 nitrogen and oxygen atoms in total. The third kappa shape index (κ3) is 6.19. The van der Waals surface area contributed by atoms with Gasteiger partial charge in [0.2, 0.25) is 5.91 Å². The first-order chi connectivity index (χ1) is 16.9. The highest BCUT2D eigenvalue weighted by Crippen LogP contribution is 2.31. The maximum Gasteiger partial charge on any atom is 0.244 e. The van der Waals surface area contributed by atoms with Gasteiger partial charge in [0, 0.05) is 26.2 Å². The van der Waals surface area contributed by atoms with Crippen LogP contribution < -0.4 is 9.64 Å². The molecule has 188 valence electrons. The van der Waals surface area contributed by atoms with E-state index in [4.69, 9.17) is 14.5 Å². The van der Waals surface area contributed by atoms with Crippen molar-refractivity contribution in [1.29, 1.82) is 0 Å². The highest BCUT2D eigenvalue weighted by atomic mass is 32.2. The summed E-state index contributed by atoms with van der Waals surface area (Å²) < 4.78 is 37.6. The lowest BCUT2D eigenvalue weighted by molar-refractivity contribution is -0.116. The second-order valence-electron chi connectivity index (χ2n) is 8.40. The van der Waals surface area contributed by atoms with E-state index in [1.807, 2.05) is 18.2 Å². The number of morpholine rings is 1. The molecule has 35 heavy (non-hydrogen) atoms. The highest BCUT2D eigenvalue weighted by Gasteiger charge is 2.27. The summed E-state index contributed by atoms with van der Waals surface area (Å²) in [6, 6.07) is 12.1. The van der Waals surface area contributed by atoms with E-state index in [1.54, 1.807) is 17.0 Å². The van der Waals surface area contributed by atoms with Crippen LogP contribution in [0.2, 0.25) is 0 Å². The normalized spacial score (nSPS) is 14.8. The van der Waals surface area contributed by atoms with Crippen LogP contribution in [0.3, 0.4) is 0 Å². The molecular weight excluding hydrogens is 486 g/mol. The Kier molecular flexibility index (Phi) is 8.38. The average Bonchev–Trinajstić information content (AvgIpc) is 3.31. The van der Waals surface area contributed by atoms with Crippen molar-refractivity contribution < 1.29 is 22.7 Å². The van der Waals surface area contributed by atoms with E-state index in [1.165, 1.54) is 30.6 Å². The quantitative estimate of drug-likeness (QED) is 0.407. The van der Waals surface area contributed by atoms with Crippen molar-refractivity contribution >= 4 is 42.4 Å². The predicted molar refractivity (Wildman–Crippen MR) is 138 cm³/mol. The number of rotatable bonds is 10. The molecule has 0 N–H and O–H groups in total. The van der Waals surface area contributed by atoms with Crippen molar-refractivity contribution in [1.82, 2.24) is 9.88 Å². The number of nitrogens with zero attached hydrogens (tertiary/aromatic N) is 3. The maximum absolute atomic E-state index is 13.4. The molecular formula is C25H31N3O5S2. The topological polar surface area (TPSA) is 89.0 Å². The van der Waals surface area contributed by atoms with Crippen molar-refractivity contribution in [2.24, 2.45) is 0 Å². The maximum atomic E-state index is 13.4. The molecule has 0 aliphatic carbocycles. The number of methoxy groups -OCH3 is 1. The van der Waals surface area contributed by atoms with Crippen LogP contribution in [0.4, 0.5) is 5.13 Å². The summed E-state index contributed by atoms with van der Waals surface area (Å²) in [6.07, 6.45) is 1.54. The van der Waals surface area contributed by atoms with Gasteiger partial charge in [-0.3, -0.25) is 14.6 Å². The molecule has 1 aromatic heterocycles. The van der Waals surface area contributed by atoms with E-state index in [-0.39, 0.29) is 4.90 Å². The summed E-state index contributed by atoms with van der Waals surface area (Å²) in [4.78, 5) is 22.1. The third-order valence-electron chi connectivity index (χ3n) is 6.10. The Labute approximate surface area is 210 Å². The minimum absolute atomic E-state index is 0.0949. The summed E-state index contributed by atoms with van der Waals surface area (Å²) in [6.45, 7) is 6.42. The number of fused-ring (bicyclic) bond motifs is 1. The monoisotopic (exact) mass is 517 g/mol. The van der Waals surface area contributed by atoms with Gasteiger partial charge in [0.1, 0.15) is 11.5 Å². The lowest BCUT2D eigenvalue weighted by Crippen LogP contribution is -2.40. The second-order valence-corrected chi connectivity index (χ2v) is 11.4. The number of thiazole rings is 1. The number of anilines is 1. The molecule has 1 aliphatic rings. The largest absolute Gasteiger partial charge is 0.497 e. The molecule has 10 heteroatoms. The molecule has 0 unspecified atom stereocenters. The molecule has 0 bridgehead atoms. The predicted octanol–water partition coefficient (Wildman–Crippen LogP) is 3.40. The fraction of sp³-hybridized carbons (Fsp3) is 0.440. The Bertz CT molecular complexity index is 1250. The van der Waals surface area contributed by atoms with Gasteiger partial charge >= 0.3 is 0 Å². The van der Waals surface area contributed by atoms with E-state index in [9.17, 15) is 13.2 Å². The van der Waals surface area contributed by atoms with Crippen LogP contribution in [-0.2, 0) is 25.8 Å². The number of amides is 1. The lowest BCUT2D eigenvalue weighted by atomic mass is 10.1. The van der Waals surface area contributed by atoms with Gasteiger partial charge in [-0.2, -0.15) is 0 Å². The zero-order valence-electron chi connectivity index (χ0n) is 20.1. The third-order valence-corrected chi connectivity index (χ3v) is 8.76. The van der Waals surface area contributed by atoms with Gasteiger partial charge in [-0.25, -0.2) is 13.4 Å². The number of hydrogen-bond acceptors (Lipinski definition) is 8. The van der Waals surface area contributed by atoms with Gasteiger partial charge in [-0.15, -0.1) is 0 Å². The second kappa shape index (κ2) is 11.5. The van der Waals surface area contributed by atoms with Crippen molar-refractivity contribution in [2.75, 3.05) is 57.2 Å². The molecule has 1 fully saturated rings. The molecule has 4 rings (SSSR count). The highest BCUT2D eigenvalue weighted by molar-refractivity contribution is 7.92. The molecule has 2 heterocycles. The Hall–Kier alpha value is -2.53. The molecule has 1 aliphatic heterocycles. The van der Waals surface area contributed by atoms with Gasteiger partial charge in [-0.1, -0.05) is 30.4 Å². The van der Waals surface area contributed by atoms with Crippen LogP contribution in [0.5, 0.6) is 5.75 Å². The van der Waals surface area contributed by atoms with Gasteiger partial charge in [0.05, 0.1) is 35.4 Å². The van der Waals surface area contributed by atoms with Crippen molar-refractivity contribution in [2.45, 2.75) is 24.7 Å². The Morgan fingerprint density at radius 3 is 2.60 bits per heavy atom. The number of ether oxygens (including phenoxy) is 2. The number of sulfone groups is 1. The number of hydrogen-bond donors (Lipinski definition) is 0. The SMILES string of the molecule is CCc1cccc2sc(N(CCCN3CCOCC3)C(=O)CS(=O)(=O)c3ccc(OC)cc3)nc12. The summed E-state index contributed by atoms with van der Waals surface area (Å²) >= 11 is 1.43. The molecule has 0 saturated carbocycles. The minimum Gasteiger partial charge on any atom is -0.497 e. The zero-order valence-corrected chi connectivity index (χ0v) is 21.7. The fourth-order valence-corrected chi connectivity index (χ4v) is 6.36. The van der Waals surface area contributed by atoms with E-state index < -0.39 is 21.5 Å². The Morgan fingerprint density at radius 1 is 1.17 bits per heavy atom. The van der Waals surface area contributed by atoms with E-state index in [0.717, 1.165) is 41.8 Å². The molecule has 0 radical (unpaired) electrons. The molecule has 0 atom stereocenters. The molecule has 2 aromatic carbocycles. The summed E-state index contributed by atoms with van der Waals surface area (Å²) in [5.41, 5.74) is 1.98. The lowest BCUT2D eigenvalue weighted by Gasteiger charge is -2.27. The van der Waals surface area contributed by atoms with Crippen LogP contribution in [-0.4, -0.2) is 76.5 Å². The number of aryl methyl sites for hydroxylation is 1. The summed E-state index contributed by atoms with van der Waals surface area (Å²) in [7, 11) is -2.31. The molecule has 1 saturated heterocycles. The smallest absolute Gasteiger partial charge is 0.244 e. The number of carbonyl (C=O) groups excluding carboxylic acids is 1. The van der Waals surface area contributed by atoms with Gasteiger partial charge in [-0.05, 0) is 48.7 Å². The van der Waals surface area contributed by atoms with Gasteiger partial charge in [0.15, 0.2) is 15.0 Å². The first-order valence-electron chi connectivity index (χ1n) is 11.8. The average molecular weight is 518 g/mol. The Morgan fingerprint density at radius 2 is 1.91 bits per heavy atom. The molecule has 1 amide bonds. The summed E-state index contributed by atoms with van der Waals surface area (Å²) in [5, 5.41) is 0.540. The Balaban J connectivity index is 1.56. The first kappa shape index (κ1) is 25.6.